The number of halogens is 3. The first-order chi connectivity index (χ1) is 10.7. The molecule has 2 unspecified atom stereocenters. The molecule has 0 spiro atoms. The summed E-state index contributed by atoms with van der Waals surface area (Å²) in [7, 11) is 1.21. The van der Waals surface area contributed by atoms with E-state index in [0.717, 1.165) is 0 Å². The van der Waals surface area contributed by atoms with Gasteiger partial charge in [0.05, 0.1) is 18.6 Å². The van der Waals surface area contributed by atoms with Crippen LogP contribution in [0.1, 0.15) is 36.2 Å². The predicted molar refractivity (Wildman–Crippen MR) is 74.8 cm³/mol. The van der Waals surface area contributed by atoms with Crippen LogP contribution in [0.4, 0.5) is 19.0 Å². The van der Waals surface area contributed by atoms with Gasteiger partial charge in [0, 0.05) is 6.54 Å². The molecule has 1 aromatic heterocycles. The van der Waals surface area contributed by atoms with Crippen molar-refractivity contribution in [3.05, 3.63) is 17.8 Å². The summed E-state index contributed by atoms with van der Waals surface area (Å²) < 4.78 is 42.9. The molecule has 9 heteroatoms. The Kier molecular flexibility index (Phi) is 5.08. The lowest BCUT2D eigenvalue weighted by atomic mass is 9.77. The van der Waals surface area contributed by atoms with E-state index in [1.807, 2.05) is 0 Å². The van der Waals surface area contributed by atoms with E-state index in [2.05, 4.69) is 20.3 Å². The van der Waals surface area contributed by atoms with Crippen molar-refractivity contribution in [3.63, 3.8) is 0 Å². The molecule has 1 aliphatic carbocycles. The second kappa shape index (κ2) is 6.69. The van der Waals surface area contributed by atoms with Crippen LogP contribution in [0, 0.1) is 5.92 Å². The van der Waals surface area contributed by atoms with Gasteiger partial charge >= 0.3 is 12.1 Å². The molecule has 6 nitrogen and oxygen atoms in total. The summed E-state index contributed by atoms with van der Waals surface area (Å²) in [6.45, 7) is -0.0637. The van der Waals surface area contributed by atoms with Crippen molar-refractivity contribution in [3.8, 4) is 0 Å². The van der Waals surface area contributed by atoms with Crippen molar-refractivity contribution >= 4 is 11.8 Å². The van der Waals surface area contributed by atoms with Gasteiger partial charge in [-0.1, -0.05) is 0 Å². The highest BCUT2D eigenvalue weighted by atomic mass is 19.4. The second-order valence-corrected chi connectivity index (χ2v) is 5.71. The van der Waals surface area contributed by atoms with Crippen LogP contribution >= 0.6 is 0 Å². The highest BCUT2D eigenvalue weighted by molar-refractivity contribution is 5.86. The molecule has 1 aliphatic rings. The standard InChI is InChI=1S/C14H18F3N3O3/c1-23-12(21)10-4-5-11(20-19-10)18-8-13(22)6-2-3-9(7-13)14(15,16)17/h4-5,9,22H,2-3,6-8H2,1H3,(H,18,20). The Hall–Kier alpha value is -1.90. The SMILES string of the molecule is COC(=O)c1ccc(NCC2(O)CCCC(C(F)(F)F)C2)nn1. The average molecular weight is 333 g/mol. The number of carbonyl (C=O) groups is 1. The van der Waals surface area contributed by atoms with Crippen LogP contribution < -0.4 is 5.32 Å². The summed E-state index contributed by atoms with van der Waals surface area (Å²) >= 11 is 0. The number of hydrogen-bond acceptors (Lipinski definition) is 6. The van der Waals surface area contributed by atoms with Gasteiger partial charge < -0.3 is 15.2 Å². The molecule has 0 aromatic carbocycles. The van der Waals surface area contributed by atoms with Crippen molar-refractivity contribution in [1.82, 2.24) is 10.2 Å². The van der Waals surface area contributed by atoms with Gasteiger partial charge in [-0.3, -0.25) is 0 Å². The van der Waals surface area contributed by atoms with E-state index in [4.69, 9.17) is 0 Å². The van der Waals surface area contributed by atoms with E-state index >= 15 is 0 Å². The van der Waals surface area contributed by atoms with Gasteiger partial charge in [0.25, 0.3) is 0 Å². The molecule has 128 valence electrons. The monoisotopic (exact) mass is 333 g/mol. The Balaban J connectivity index is 1.95. The minimum atomic E-state index is -4.30. The number of aliphatic hydroxyl groups is 1. The number of esters is 1. The molecule has 2 rings (SSSR count). The van der Waals surface area contributed by atoms with Gasteiger partial charge in [-0.05, 0) is 37.8 Å². The number of nitrogens with one attached hydrogen (secondary N) is 1. The third kappa shape index (κ3) is 4.54. The van der Waals surface area contributed by atoms with Gasteiger partial charge in [0.2, 0.25) is 0 Å². The first-order valence-electron chi connectivity index (χ1n) is 7.18. The van der Waals surface area contributed by atoms with Crippen molar-refractivity contribution in [1.29, 1.82) is 0 Å². The Bertz CT molecular complexity index is 550. The molecule has 1 aromatic rings. The number of carbonyl (C=O) groups excluding carboxylic acids is 1. The zero-order valence-corrected chi connectivity index (χ0v) is 12.6. The van der Waals surface area contributed by atoms with E-state index in [1.54, 1.807) is 0 Å². The molecule has 0 radical (unpaired) electrons. The molecule has 1 heterocycles. The zero-order chi connectivity index (χ0) is 17.1. The van der Waals surface area contributed by atoms with E-state index < -0.39 is 23.7 Å². The maximum absolute atomic E-state index is 12.8. The maximum atomic E-state index is 12.8. The number of nitrogens with zero attached hydrogens (tertiary/aromatic N) is 2. The summed E-state index contributed by atoms with van der Waals surface area (Å²) in [5.41, 5.74) is -1.42. The lowest BCUT2D eigenvalue weighted by Crippen LogP contribution is -2.45. The number of ether oxygens (including phenoxy) is 1. The number of rotatable bonds is 4. The number of methoxy groups -OCH3 is 1. The van der Waals surface area contributed by atoms with E-state index in [0.29, 0.717) is 12.8 Å². The van der Waals surface area contributed by atoms with E-state index in [1.165, 1.54) is 19.2 Å². The molecule has 0 amide bonds. The third-order valence-corrected chi connectivity index (χ3v) is 3.94. The minimum absolute atomic E-state index is 0.0200. The van der Waals surface area contributed by atoms with Crippen LogP contribution in [0.25, 0.3) is 0 Å². The van der Waals surface area contributed by atoms with Gasteiger partial charge in [0.1, 0.15) is 5.82 Å². The van der Waals surface area contributed by atoms with Crippen molar-refractivity contribution in [2.75, 3.05) is 19.0 Å². The first-order valence-corrected chi connectivity index (χ1v) is 7.18. The Morgan fingerprint density at radius 3 is 2.78 bits per heavy atom. The molecule has 1 saturated carbocycles. The molecular weight excluding hydrogens is 315 g/mol. The molecule has 1 fully saturated rings. The number of anilines is 1. The van der Waals surface area contributed by atoms with Crippen molar-refractivity contribution in [2.24, 2.45) is 5.92 Å². The fraction of sp³-hybridized carbons (Fsp3) is 0.643. The van der Waals surface area contributed by atoms with Crippen molar-refractivity contribution < 1.29 is 27.8 Å². The molecule has 23 heavy (non-hydrogen) atoms. The third-order valence-electron chi connectivity index (χ3n) is 3.94. The number of aromatic nitrogens is 2. The van der Waals surface area contributed by atoms with E-state index in [9.17, 15) is 23.1 Å². The molecule has 0 saturated heterocycles. The lowest BCUT2D eigenvalue weighted by Gasteiger charge is -2.37. The molecule has 2 N–H and O–H groups in total. The highest BCUT2D eigenvalue weighted by Gasteiger charge is 2.46. The van der Waals surface area contributed by atoms with Gasteiger partial charge in [0.15, 0.2) is 5.69 Å². The molecular formula is C14H18F3N3O3. The van der Waals surface area contributed by atoms with Crippen LogP contribution in [0.15, 0.2) is 12.1 Å². The van der Waals surface area contributed by atoms with E-state index in [-0.39, 0.29) is 30.9 Å². The van der Waals surface area contributed by atoms with Crippen LogP contribution in [-0.2, 0) is 4.74 Å². The smallest absolute Gasteiger partial charge is 0.391 e. The topological polar surface area (TPSA) is 84.3 Å². The second-order valence-electron chi connectivity index (χ2n) is 5.71. The summed E-state index contributed by atoms with van der Waals surface area (Å²) in [4.78, 5) is 11.2. The fourth-order valence-corrected chi connectivity index (χ4v) is 2.68. The normalized spacial score (nSPS) is 25.0. The van der Waals surface area contributed by atoms with Gasteiger partial charge in [-0.15, -0.1) is 10.2 Å². The lowest BCUT2D eigenvalue weighted by molar-refractivity contribution is -0.199. The summed E-state index contributed by atoms with van der Waals surface area (Å²) in [6.07, 6.45) is -3.98. The molecule has 0 bridgehead atoms. The molecule has 2 atom stereocenters. The Morgan fingerprint density at radius 1 is 1.48 bits per heavy atom. The Labute approximate surface area is 131 Å². The van der Waals surface area contributed by atoms with Crippen LogP contribution in [0.3, 0.4) is 0 Å². The van der Waals surface area contributed by atoms with Gasteiger partial charge in [-0.25, -0.2) is 4.79 Å². The minimum Gasteiger partial charge on any atom is -0.464 e. The quantitative estimate of drug-likeness (QED) is 0.822. The average Bonchev–Trinajstić information content (AvgIpc) is 2.52. The number of alkyl halides is 3. The predicted octanol–water partition coefficient (Wildman–Crippen LogP) is 2.16. The summed E-state index contributed by atoms with van der Waals surface area (Å²) in [5, 5.41) is 20.5. The van der Waals surface area contributed by atoms with Crippen LogP contribution in [0.5, 0.6) is 0 Å². The highest BCUT2D eigenvalue weighted by Crippen LogP contribution is 2.41. The van der Waals surface area contributed by atoms with Gasteiger partial charge in [-0.2, -0.15) is 13.2 Å². The summed E-state index contributed by atoms with van der Waals surface area (Å²) in [6, 6.07) is 2.83. The zero-order valence-electron chi connectivity index (χ0n) is 12.6. The first kappa shape index (κ1) is 17.5. The maximum Gasteiger partial charge on any atom is 0.391 e. The number of hydrogen-bond donors (Lipinski definition) is 2. The van der Waals surface area contributed by atoms with Crippen LogP contribution in [0.2, 0.25) is 0 Å². The fourth-order valence-electron chi connectivity index (χ4n) is 2.68. The van der Waals surface area contributed by atoms with Crippen molar-refractivity contribution in [2.45, 2.75) is 37.5 Å². The summed E-state index contributed by atoms with van der Waals surface area (Å²) in [5.74, 6) is -1.86. The largest absolute Gasteiger partial charge is 0.464 e. The Morgan fingerprint density at radius 2 is 2.22 bits per heavy atom. The van der Waals surface area contributed by atoms with Crippen LogP contribution in [-0.4, -0.2) is 46.7 Å². The molecule has 0 aliphatic heterocycles.